The van der Waals surface area contributed by atoms with Gasteiger partial charge in [0.25, 0.3) is 5.91 Å². The van der Waals surface area contributed by atoms with E-state index in [1.165, 1.54) is 35.7 Å². The van der Waals surface area contributed by atoms with Gasteiger partial charge in [0.2, 0.25) is 5.91 Å². The third-order valence-electron chi connectivity index (χ3n) is 3.84. The number of nitrogens with one attached hydrogen (secondary N) is 1. The van der Waals surface area contributed by atoms with Crippen molar-refractivity contribution >= 4 is 29.4 Å². The second kappa shape index (κ2) is 8.80. The van der Waals surface area contributed by atoms with Crippen LogP contribution in [-0.2, 0) is 11.3 Å². The molecule has 5 nitrogen and oxygen atoms in total. The summed E-state index contributed by atoms with van der Waals surface area (Å²) < 4.78 is 13.3. The van der Waals surface area contributed by atoms with E-state index in [1.54, 1.807) is 25.2 Å². The number of hydrogen-bond donors (Lipinski definition) is 1. The van der Waals surface area contributed by atoms with Crippen LogP contribution in [0.2, 0.25) is 0 Å². The van der Waals surface area contributed by atoms with E-state index in [2.05, 4.69) is 10.3 Å². The number of aryl methyl sites for hydroxylation is 1. The number of pyridine rings is 1. The Labute approximate surface area is 157 Å². The third kappa shape index (κ3) is 4.82. The Morgan fingerprint density at radius 3 is 2.65 bits per heavy atom. The number of thioether (sulfide) groups is 1. The van der Waals surface area contributed by atoms with E-state index in [-0.39, 0.29) is 24.2 Å². The lowest BCUT2D eigenvalue weighted by molar-refractivity contribution is -0.116. The largest absolute Gasteiger partial charge is 0.348 e. The number of anilines is 1. The first-order valence-electron chi connectivity index (χ1n) is 8.24. The summed E-state index contributed by atoms with van der Waals surface area (Å²) in [6, 6.07) is 7.82. The zero-order valence-electron chi connectivity index (χ0n) is 15.3. The highest BCUT2D eigenvalue weighted by Gasteiger charge is 2.19. The molecule has 2 aromatic rings. The molecular weight excluding hydrogens is 353 g/mol. The number of aromatic nitrogens is 1. The van der Waals surface area contributed by atoms with E-state index in [4.69, 9.17) is 0 Å². The van der Waals surface area contributed by atoms with Crippen LogP contribution in [0.4, 0.5) is 10.2 Å². The lowest BCUT2D eigenvalue weighted by Crippen LogP contribution is -2.27. The van der Waals surface area contributed by atoms with Crippen molar-refractivity contribution in [2.75, 3.05) is 17.7 Å². The molecule has 7 heteroatoms. The summed E-state index contributed by atoms with van der Waals surface area (Å²) in [6.07, 6.45) is 0. The molecule has 0 unspecified atom stereocenters. The van der Waals surface area contributed by atoms with Gasteiger partial charge in [0.05, 0.1) is 5.56 Å². The number of carbonyl (C=O) groups is 2. The number of benzene rings is 1. The summed E-state index contributed by atoms with van der Waals surface area (Å²) in [5.74, 6) is 0.505. The second-order valence-corrected chi connectivity index (χ2v) is 7.05. The molecule has 1 aromatic carbocycles. The highest BCUT2D eigenvalue weighted by Crippen LogP contribution is 2.27. The van der Waals surface area contributed by atoms with Crippen molar-refractivity contribution in [2.24, 2.45) is 0 Å². The van der Waals surface area contributed by atoms with Crippen LogP contribution in [0.25, 0.3) is 0 Å². The summed E-state index contributed by atoms with van der Waals surface area (Å²) in [5.41, 5.74) is 1.89. The van der Waals surface area contributed by atoms with Crippen LogP contribution in [0.1, 0.15) is 35.3 Å². The van der Waals surface area contributed by atoms with Gasteiger partial charge >= 0.3 is 0 Å². The molecule has 0 atom stereocenters. The zero-order chi connectivity index (χ0) is 19.3. The van der Waals surface area contributed by atoms with Crippen molar-refractivity contribution in [3.63, 3.8) is 0 Å². The Bertz CT molecular complexity index is 826. The van der Waals surface area contributed by atoms with Crippen LogP contribution in [-0.4, -0.2) is 29.6 Å². The predicted molar refractivity (Wildman–Crippen MR) is 102 cm³/mol. The van der Waals surface area contributed by atoms with Crippen LogP contribution >= 0.6 is 11.8 Å². The minimum atomic E-state index is -0.339. The summed E-state index contributed by atoms with van der Waals surface area (Å²) in [5, 5.41) is 3.39. The molecule has 0 aliphatic heterocycles. The predicted octanol–water partition coefficient (Wildman–Crippen LogP) is 3.55. The summed E-state index contributed by atoms with van der Waals surface area (Å²) in [7, 11) is 1.65. The van der Waals surface area contributed by atoms with Gasteiger partial charge in [-0.25, -0.2) is 9.37 Å². The maximum atomic E-state index is 13.3. The first kappa shape index (κ1) is 19.9. The van der Waals surface area contributed by atoms with E-state index in [9.17, 15) is 14.0 Å². The van der Waals surface area contributed by atoms with Crippen molar-refractivity contribution in [1.29, 1.82) is 0 Å². The molecule has 1 aromatic heterocycles. The third-order valence-corrected chi connectivity index (χ3v) is 4.69. The highest BCUT2D eigenvalue weighted by molar-refractivity contribution is 7.99. The van der Waals surface area contributed by atoms with Crippen molar-refractivity contribution in [3.05, 3.63) is 52.8 Å². The Balaban J connectivity index is 2.28. The first-order valence-corrected chi connectivity index (χ1v) is 9.23. The first-order chi connectivity index (χ1) is 12.3. The van der Waals surface area contributed by atoms with Crippen LogP contribution in [0.5, 0.6) is 0 Å². The van der Waals surface area contributed by atoms with Crippen molar-refractivity contribution in [1.82, 2.24) is 10.3 Å². The number of nitrogens with zero attached hydrogens (tertiary/aromatic N) is 2. The highest BCUT2D eigenvalue weighted by atomic mass is 32.2. The molecule has 0 aliphatic carbocycles. The fourth-order valence-electron chi connectivity index (χ4n) is 2.39. The van der Waals surface area contributed by atoms with Crippen LogP contribution in [0.15, 0.2) is 35.4 Å². The van der Waals surface area contributed by atoms with Crippen LogP contribution in [0.3, 0.4) is 0 Å². The SMILES string of the molecule is CCSc1nc(N(C)C(C)=O)cc(C)c1C(=O)NCc1cccc(F)c1. The molecule has 0 saturated carbocycles. The molecular formula is C19H22FN3O2S. The van der Waals surface area contributed by atoms with Gasteiger partial charge in [-0.15, -0.1) is 11.8 Å². The minimum absolute atomic E-state index is 0.132. The van der Waals surface area contributed by atoms with E-state index in [1.807, 2.05) is 13.8 Å². The number of carbonyl (C=O) groups excluding carboxylic acids is 2. The van der Waals surface area contributed by atoms with Gasteiger partial charge in [-0.1, -0.05) is 19.1 Å². The molecule has 0 radical (unpaired) electrons. The average Bonchev–Trinajstić information content (AvgIpc) is 2.59. The number of hydrogen-bond acceptors (Lipinski definition) is 4. The van der Waals surface area contributed by atoms with Crippen molar-refractivity contribution < 1.29 is 14.0 Å². The van der Waals surface area contributed by atoms with Gasteiger partial charge in [-0.3, -0.25) is 9.59 Å². The molecule has 2 rings (SSSR count). The summed E-state index contributed by atoms with van der Waals surface area (Å²) >= 11 is 1.44. The van der Waals surface area contributed by atoms with Gasteiger partial charge < -0.3 is 10.2 Å². The fraction of sp³-hybridized carbons (Fsp3) is 0.316. The van der Waals surface area contributed by atoms with Gasteiger partial charge in [-0.2, -0.15) is 0 Å². The van der Waals surface area contributed by atoms with Crippen molar-refractivity contribution in [2.45, 2.75) is 32.3 Å². The molecule has 0 spiro atoms. The lowest BCUT2D eigenvalue weighted by Gasteiger charge is -2.18. The van der Waals surface area contributed by atoms with Gasteiger partial charge in [0.1, 0.15) is 16.7 Å². The molecule has 26 heavy (non-hydrogen) atoms. The average molecular weight is 375 g/mol. The summed E-state index contributed by atoms with van der Waals surface area (Å²) in [4.78, 5) is 30.2. The van der Waals surface area contributed by atoms with E-state index in [0.29, 0.717) is 22.0 Å². The summed E-state index contributed by atoms with van der Waals surface area (Å²) in [6.45, 7) is 5.47. The molecule has 0 saturated heterocycles. The van der Waals surface area contributed by atoms with Gasteiger partial charge in [0, 0.05) is 20.5 Å². The number of amides is 2. The fourth-order valence-corrected chi connectivity index (χ4v) is 3.22. The quantitative estimate of drug-likeness (QED) is 0.785. The van der Waals surface area contributed by atoms with Crippen LogP contribution < -0.4 is 10.2 Å². The molecule has 0 fully saturated rings. The Kier molecular flexibility index (Phi) is 6.74. The van der Waals surface area contributed by atoms with Gasteiger partial charge in [0.15, 0.2) is 0 Å². The number of rotatable bonds is 6. The maximum absolute atomic E-state index is 13.3. The molecule has 0 aliphatic rings. The molecule has 0 bridgehead atoms. The smallest absolute Gasteiger partial charge is 0.254 e. The second-order valence-electron chi connectivity index (χ2n) is 5.80. The minimum Gasteiger partial charge on any atom is -0.348 e. The Morgan fingerprint density at radius 2 is 2.04 bits per heavy atom. The zero-order valence-corrected chi connectivity index (χ0v) is 16.1. The monoisotopic (exact) mass is 375 g/mol. The Morgan fingerprint density at radius 1 is 1.31 bits per heavy atom. The molecule has 1 N–H and O–H groups in total. The maximum Gasteiger partial charge on any atom is 0.254 e. The topological polar surface area (TPSA) is 62.3 Å². The van der Waals surface area contributed by atoms with E-state index < -0.39 is 0 Å². The van der Waals surface area contributed by atoms with E-state index in [0.717, 1.165) is 11.3 Å². The van der Waals surface area contributed by atoms with E-state index >= 15 is 0 Å². The standard InChI is InChI=1S/C19H22FN3O2S/c1-5-26-19-17(12(2)9-16(22-19)23(4)13(3)24)18(25)21-11-14-7-6-8-15(20)10-14/h6-10H,5,11H2,1-4H3,(H,21,25). The Hall–Kier alpha value is -2.41. The molecule has 2 amide bonds. The van der Waals surface area contributed by atoms with Gasteiger partial charge in [-0.05, 0) is 42.0 Å². The lowest BCUT2D eigenvalue weighted by atomic mass is 10.1. The van der Waals surface area contributed by atoms with Crippen LogP contribution in [0, 0.1) is 12.7 Å². The number of halogens is 1. The molecule has 138 valence electrons. The molecule has 1 heterocycles. The van der Waals surface area contributed by atoms with Crippen molar-refractivity contribution in [3.8, 4) is 0 Å². The normalized spacial score (nSPS) is 10.5.